The third-order valence-corrected chi connectivity index (χ3v) is 3.50. The van der Waals surface area contributed by atoms with Crippen molar-refractivity contribution in [3.8, 4) is 17.2 Å². The molecule has 0 saturated heterocycles. The van der Waals surface area contributed by atoms with E-state index < -0.39 is 34.6 Å². The second kappa shape index (κ2) is 6.58. The predicted molar refractivity (Wildman–Crippen MR) is 81.2 cm³/mol. The van der Waals surface area contributed by atoms with Crippen molar-refractivity contribution in [3.63, 3.8) is 0 Å². The zero-order valence-electron chi connectivity index (χ0n) is 13.4. The van der Waals surface area contributed by atoms with Crippen molar-refractivity contribution in [1.82, 2.24) is 19.7 Å². The number of hydrogen-bond acceptors (Lipinski definition) is 5. The largest absolute Gasteiger partial charge is 0.435 e. The van der Waals surface area contributed by atoms with Gasteiger partial charge in [0.15, 0.2) is 5.69 Å². The first kappa shape index (κ1) is 19.3. The van der Waals surface area contributed by atoms with E-state index in [9.17, 15) is 36.5 Å². The molecule has 13 heteroatoms. The fourth-order valence-corrected chi connectivity index (χ4v) is 2.24. The summed E-state index contributed by atoms with van der Waals surface area (Å²) in [6.07, 6.45) is -8.99. The molecule has 0 atom stereocenters. The number of aromatic nitrogens is 4. The van der Waals surface area contributed by atoms with Gasteiger partial charge in [0.25, 0.3) is 11.6 Å². The standard InChI is InChI=1S/C15H7F6N5O2/c16-14(17,18)11-5-6-22-13(23-11)25-10(7-12(24-25)15(19,20)21)8-1-3-9(4-2-8)26(27)28/h1-7H. The van der Waals surface area contributed by atoms with E-state index in [1.807, 2.05) is 0 Å². The van der Waals surface area contributed by atoms with Crippen molar-refractivity contribution in [2.75, 3.05) is 0 Å². The Balaban J connectivity index is 2.18. The summed E-state index contributed by atoms with van der Waals surface area (Å²) in [7, 11) is 0. The van der Waals surface area contributed by atoms with Crippen LogP contribution in [-0.4, -0.2) is 24.7 Å². The van der Waals surface area contributed by atoms with Gasteiger partial charge < -0.3 is 0 Å². The monoisotopic (exact) mass is 403 g/mol. The number of nitro benzene ring substituents is 1. The molecule has 0 radical (unpaired) electrons. The summed E-state index contributed by atoms with van der Waals surface area (Å²) in [6.45, 7) is 0. The third kappa shape index (κ3) is 3.77. The Bertz CT molecular complexity index is 1030. The van der Waals surface area contributed by atoms with E-state index in [0.29, 0.717) is 16.8 Å². The first-order valence-electron chi connectivity index (χ1n) is 7.29. The van der Waals surface area contributed by atoms with E-state index in [4.69, 9.17) is 0 Å². The number of hydrogen-bond donors (Lipinski definition) is 0. The minimum absolute atomic E-state index is 0.0367. The van der Waals surface area contributed by atoms with Crippen LogP contribution in [0.3, 0.4) is 0 Å². The molecule has 2 aromatic heterocycles. The van der Waals surface area contributed by atoms with Crippen molar-refractivity contribution < 1.29 is 31.3 Å². The van der Waals surface area contributed by atoms with Gasteiger partial charge in [0.2, 0.25) is 0 Å². The highest BCUT2D eigenvalue weighted by Gasteiger charge is 2.37. The molecule has 0 fully saturated rings. The van der Waals surface area contributed by atoms with Crippen LogP contribution in [0.15, 0.2) is 42.6 Å². The average Bonchev–Trinajstić information content (AvgIpc) is 3.07. The lowest BCUT2D eigenvalue weighted by molar-refractivity contribution is -0.384. The van der Waals surface area contributed by atoms with E-state index >= 15 is 0 Å². The minimum atomic E-state index is -4.89. The van der Waals surface area contributed by atoms with Gasteiger partial charge in [-0.2, -0.15) is 36.1 Å². The molecule has 0 bridgehead atoms. The van der Waals surface area contributed by atoms with E-state index in [1.165, 1.54) is 0 Å². The van der Waals surface area contributed by atoms with Gasteiger partial charge in [0.1, 0.15) is 5.69 Å². The van der Waals surface area contributed by atoms with Crippen LogP contribution < -0.4 is 0 Å². The number of rotatable bonds is 3. The lowest BCUT2D eigenvalue weighted by atomic mass is 10.1. The number of alkyl halides is 6. The van der Waals surface area contributed by atoms with Gasteiger partial charge in [-0.15, -0.1) is 0 Å². The van der Waals surface area contributed by atoms with Gasteiger partial charge >= 0.3 is 12.4 Å². The molecule has 2 heterocycles. The van der Waals surface area contributed by atoms with Gasteiger partial charge in [-0.1, -0.05) is 0 Å². The summed E-state index contributed by atoms with van der Waals surface area (Å²) in [4.78, 5) is 16.8. The molecule has 0 aliphatic heterocycles. The molecule has 146 valence electrons. The molecule has 0 aliphatic carbocycles. The number of non-ortho nitro benzene ring substituents is 1. The summed E-state index contributed by atoms with van der Waals surface area (Å²) in [5.41, 5.74) is -3.32. The zero-order chi connectivity index (χ0) is 20.7. The van der Waals surface area contributed by atoms with Crippen LogP contribution in [0.4, 0.5) is 32.0 Å². The zero-order valence-corrected chi connectivity index (χ0v) is 13.4. The molecule has 0 N–H and O–H groups in total. The van der Waals surface area contributed by atoms with Crippen molar-refractivity contribution in [1.29, 1.82) is 0 Å². The molecule has 0 unspecified atom stereocenters. The smallest absolute Gasteiger partial charge is 0.258 e. The molecular weight excluding hydrogens is 396 g/mol. The van der Waals surface area contributed by atoms with Crippen LogP contribution in [0.5, 0.6) is 0 Å². The molecule has 0 saturated carbocycles. The van der Waals surface area contributed by atoms with Crippen molar-refractivity contribution in [3.05, 3.63) is 64.1 Å². The van der Waals surface area contributed by atoms with Crippen LogP contribution >= 0.6 is 0 Å². The van der Waals surface area contributed by atoms with Gasteiger partial charge in [0, 0.05) is 23.9 Å². The molecule has 1 aromatic carbocycles. The third-order valence-electron chi connectivity index (χ3n) is 3.50. The maximum absolute atomic E-state index is 13.1. The lowest BCUT2D eigenvalue weighted by Gasteiger charge is -2.09. The summed E-state index contributed by atoms with van der Waals surface area (Å²) < 4.78 is 78.3. The fraction of sp³-hybridized carbons (Fsp3) is 0.133. The SMILES string of the molecule is O=[N+]([O-])c1ccc(-c2cc(C(F)(F)F)nn2-c2nccc(C(F)(F)F)n2)cc1. The Morgan fingerprint density at radius 2 is 1.54 bits per heavy atom. The van der Waals surface area contributed by atoms with Crippen LogP contribution in [0.2, 0.25) is 0 Å². The number of nitro groups is 1. The molecule has 28 heavy (non-hydrogen) atoms. The van der Waals surface area contributed by atoms with Crippen molar-refractivity contribution in [2.24, 2.45) is 0 Å². The fourth-order valence-electron chi connectivity index (χ4n) is 2.24. The van der Waals surface area contributed by atoms with E-state index in [2.05, 4.69) is 15.1 Å². The number of nitrogens with zero attached hydrogens (tertiary/aromatic N) is 5. The molecule has 0 aliphatic rings. The molecule has 0 spiro atoms. The summed E-state index contributed by atoms with van der Waals surface area (Å²) >= 11 is 0. The van der Waals surface area contributed by atoms with Crippen LogP contribution in [0, 0.1) is 10.1 Å². The average molecular weight is 403 g/mol. The predicted octanol–water partition coefficient (Wildman–Crippen LogP) is 4.28. The topological polar surface area (TPSA) is 86.7 Å². The lowest BCUT2D eigenvalue weighted by Crippen LogP contribution is -2.13. The Morgan fingerprint density at radius 3 is 2.07 bits per heavy atom. The Hall–Kier alpha value is -3.51. The van der Waals surface area contributed by atoms with Gasteiger partial charge in [-0.05, 0) is 24.3 Å². The van der Waals surface area contributed by atoms with Crippen molar-refractivity contribution >= 4 is 5.69 Å². The van der Waals surface area contributed by atoms with Crippen LogP contribution in [0.1, 0.15) is 11.4 Å². The van der Waals surface area contributed by atoms with Gasteiger partial charge in [-0.25, -0.2) is 9.97 Å². The van der Waals surface area contributed by atoms with Crippen molar-refractivity contribution in [2.45, 2.75) is 12.4 Å². The number of halogens is 6. The van der Waals surface area contributed by atoms with Gasteiger partial charge in [-0.3, -0.25) is 10.1 Å². The molecule has 7 nitrogen and oxygen atoms in total. The summed E-state index contributed by atoms with van der Waals surface area (Å²) in [5.74, 6) is -0.737. The molecule has 3 rings (SSSR count). The quantitative estimate of drug-likeness (QED) is 0.370. The molecule has 0 amide bonds. The van der Waals surface area contributed by atoms with Crippen LogP contribution in [0.25, 0.3) is 17.2 Å². The first-order chi connectivity index (χ1) is 13.0. The normalized spacial score (nSPS) is 12.2. The van der Waals surface area contributed by atoms with Crippen LogP contribution in [-0.2, 0) is 12.4 Å². The maximum atomic E-state index is 13.1. The highest BCUT2D eigenvalue weighted by molar-refractivity contribution is 5.63. The summed E-state index contributed by atoms with van der Waals surface area (Å²) in [5, 5.41) is 14.0. The Kier molecular flexibility index (Phi) is 4.53. The van der Waals surface area contributed by atoms with E-state index in [-0.39, 0.29) is 16.9 Å². The number of benzene rings is 1. The van der Waals surface area contributed by atoms with Gasteiger partial charge in [0.05, 0.1) is 10.6 Å². The summed E-state index contributed by atoms with van der Waals surface area (Å²) in [6, 6.07) is 5.49. The highest BCUT2D eigenvalue weighted by Crippen LogP contribution is 2.34. The second-order valence-corrected chi connectivity index (χ2v) is 5.37. The maximum Gasteiger partial charge on any atom is 0.435 e. The molecule has 3 aromatic rings. The van der Waals surface area contributed by atoms with E-state index in [1.54, 1.807) is 0 Å². The second-order valence-electron chi connectivity index (χ2n) is 5.37. The Morgan fingerprint density at radius 1 is 0.929 bits per heavy atom. The first-order valence-corrected chi connectivity index (χ1v) is 7.29. The minimum Gasteiger partial charge on any atom is -0.258 e. The molecular formula is C15H7F6N5O2. The Labute approximate surface area is 151 Å². The van der Waals surface area contributed by atoms with E-state index in [0.717, 1.165) is 30.5 Å². The highest BCUT2D eigenvalue weighted by atomic mass is 19.4.